The van der Waals surface area contributed by atoms with Gasteiger partial charge in [-0.1, -0.05) is 26.8 Å². The van der Waals surface area contributed by atoms with Crippen molar-refractivity contribution in [2.45, 2.75) is 45.1 Å². The lowest BCUT2D eigenvalue weighted by Crippen LogP contribution is -2.45. The van der Waals surface area contributed by atoms with Crippen molar-refractivity contribution in [3.8, 4) is 0 Å². The largest absolute Gasteiger partial charge is 0.313 e. The molecule has 0 atom stereocenters. The van der Waals surface area contributed by atoms with Crippen molar-refractivity contribution in [2.24, 2.45) is 0 Å². The summed E-state index contributed by atoms with van der Waals surface area (Å²) < 4.78 is 0. The second kappa shape index (κ2) is 6.18. The molecule has 1 aromatic heterocycles. The van der Waals surface area contributed by atoms with Crippen molar-refractivity contribution < 1.29 is 0 Å². The maximum atomic E-state index is 3.77. The van der Waals surface area contributed by atoms with Crippen molar-refractivity contribution in [1.29, 1.82) is 0 Å². The summed E-state index contributed by atoms with van der Waals surface area (Å²) in [6.07, 6.45) is 2.60. The fourth-order valence-corrected chi connectivity index (χ4v) is 3.46. The third-order valence-corrected chi connectivity index (χ3v) is 5.29. The quantitative estimate of drug-likeness (QED) is 0.881. The Hall–Kier alpha value is -0.380. The van der Waals surface area contributed by atoms with Crippen molar-refractivity contribution in [2.75, 3.05) is 26.2 Å². The highest BCUT2D eigenvalue weighted by molar-refractivity contribution is 7.10. The van der Waals surface area contributed by atoms with Crippen LogP contribution in [0.1, 0.15) is 38.5 Å². The summed E-state index contributed by atoms with van der Waals surface area (Å²) in [4.78, 5) is 4.03. The van der Waals surface area contributed by atoms with Gasteiger partial charge in [0.15, 0.2) is 0 Å². The number of thiophene rings is 1. The molecule has 0 aliphatic carbocycles. The van der Waals surface area contributed by atoms with Gasteiger partial charge in [-0.15, -0.1) is 11.3 Å². The molecule has 0 radical (unpaired) electrons. The number of likely N-dealkylation sites (tertiary alicyclic amines) is 1. The van der Waals surface area contributed by atoms with E-state index in [1.807, 2.05) is 11.3 Å². The molecule has 18 heavy (non-hydrogen) atoms. The summed E-state index contributed by atoms with van der Waals surface area (Å²) in [5.74, 6) is 0. The van der Waals surface area contributed by atoms with Crippen molar-refractivity contribution >= 4 is 11.3 Å². The Morgan fingerprint density at radius 1 is 1.39 bits per heavy atom. The first-order valence-corrected chi connectivity index (χ1v) is 7.99. The standard InChI is InChI=1S/C15H26N2S/c1-4-17-9-7-13(8-10-17)16-12-15(2,3)14-6-5-11-18-14/h5-6,11,13,16H,4,7-10,12H2,1-3H3. The van der Waals surface area contributed by atoms with Crippen molar-refractivity contribution in [3.63, 3.8) is 0 Å². The van der Waals surface area contributed by atoms with Crippen LogP contribution in [0.15, 0.2) is 17.5 Å². The highest BCUT2D eigenvalue weighted by Gasteiger charge is 2.24. The predicted octanol–water partition coefficient (Wildman–Crippen LogP) is 3.10. The van der Waals surface area contributed by atoms with E-state index in [1.54, 1.807) is 0 Å². The van der Waals surface area contributed by atoms with Gasteiger partial charge in [0.05, 0.1) is 0 Å². The monoisotopic (exact) mass is 266 g/mol. The highest BCUT2D eigenvalue weighted by atomic mass is 32.1. The Labute approximate surface area is 115 Å². The number of hydrogen-bond acceptors (Lipinski definition) is 3. The molecule has 2 rings (SSSR count). The zero-order valence-electron chi connectivity index (χ0n) is 11.9. The first kappa shape index (κ1) is 14.0. The molecule has 0 unspecified atom stereocenters. The molecule has 1 fully saturated rings. The zero-order valence-corrected chi connectivity index (χ0v) is 12.7. The van der Waals surface area contributed by atoms with E-state index in [0.29, 0.717) is 6.04 Å². The first-order valence-electron chi connectivity index (χ1n) is 7.11. The number of hydrogen-bond donors (Lipinski definition) is 1. The van der Waals surface area contributed by atoms with Crippen LogP contribution < -0.4 is 5.32 Å². The van der Waals surface area contributed by atoms with E-state index in [9.17, 15) is 0 Å². The van der Waals surface area contributed by atoms with Crippen LogP contribution in [0, 0.1) is 0 Å². The maximum absolute atomic E-state index is 3.77. The van der Waals surface area contributed by atoms with Crippen LogP contribution >= 0.6 is 11.3 Å². The van der Waals surface area contributed by atoms with Crippen molar-refractivity contribution in [1.82, 2.24) is 10.2 Å². The molecule has 2 nitrogen and oxygen atoms in total. The number of piperidine rings is 1. The Balaban J connectivity index is 1.78. The third-order valence-electron chi connectivity index (χ3n) is 4.06. The van der Waals surface area contributed by atoms with Gasteiger partial charge in [-0.2, -0.15) is 0 Å². The number of nitrogens with zero attached hydrogens (tertiary/aromatic N) is 1. The molecule has 1 aromatic rings. The topological polar surface area (TPSA) is 15.3 Å². The van der Waals surface area contributed by atoms with Crippen LogP contribution in [-0.4, -0.2) is 37.1 Å². The van der Waals surface area contributed by atoms with Gasteiger partial charge in [0, 0.05) is 22.9 Å². The fraction of sp³-hybridized carbons (Fsp3) is 0.733. The van der Waals surface area contributed by atoms with E-state index >= 15 is 0 Å². The van der Waals surface area contributed by atoms with Gasteiger partial charge < -0.3 is 10.2 Å². The van der Waals surface area contributed by atoms with Gasteiger partial charge in [0.25, 0.3) is 0 Å². The lowest BCUT2D eigenvalue weighted by Gasteiger charge is -2.34. The molecule has 0 aromatic carbocycles. The van der Waals surface area contributed by atoms with E-state index in [1.165, 1.54) is 37.4 Å². The molecule has 2 heterocycles. The van der Waals surface area contributed by atoms with Gasteiger partial charge in [-0.3, -0.25) is 0 Å². The first-order chi connectivity index (χ1) is 8.62. The van der Waals surface area contributed by atoms with Crippen molar-refractivity contribution in [3.05, 3.63) is 22.4 Å². The van der Waals surface area contributed by atoms with Gasteiger partial charge in [0.2, 0.25) is 0 Å². The lowest BCUT2D eigenvalue weighted by molar-refractivity contribution is 0.202. The number of nitrogens with one attached hydrogen (secondary N) is 1. The summed E-state index contributed by atoms with van der Waals surface area (Å²) in [5, 5.41) is 5.95. The SMILES string of the molecule is CCN1CCC(NCC(C)(C)c2cccs2)CC1. The molecule has 1 aliphatic heterocycles. The van der Waals surface area contributed by atoms with Crippen LogP contribution in [0.2, 0.25) is 0 Å². The maximum Gasteiger partial charge on any atom is 0.0115 e. The van der Waals surface area contributed by atoms with E-state index in [2.05, 4.69) is 48.5 Å². The molecule has 0 saturated carbocycles. The van der Waals surface area contributed by atoms with Crippen LogP contribution in [0.5, 0.6) is 0 Å². The normalized spacial score (nSPS) is 19.3. The smallest absolute Gasteiger partial charge is 0.0115 e. The minimum atomic E-state index is 0.260. The molecule has 1 saturated heterocycles. The van der Waals surface area contributed by atoms with Crippen LogP contribution in [0.25, 0.3) is 0 Å². The second-order valence-electron chi connectivity index (χ2n) is 5.95. The molecule has 0 spiro atoms. The molecule has 1 aliphatic rings. The summed E-state index contributed by atoms with van der Waals surface area (Å²) in [6.45, 7) is 11.7. The van der Waals surface area contributed by atoms with Gasteiger partial charge in [-0.25, -0.2) is 0 Å². The van der Waals surface area contributed by atoms with E-state index < -0.39 is 0 Å². The second-order valence-corrected chi connectivity index (χ2v) is 6.90. The Morgan fingerprint density at radius 2 is 2.11 bits per heavy atom. The summed E-state index contributed by atoms with van der Waals surface area (Å²) in [7, 11) is 0. The van der Waals surface area contributed by atoms with Gasteiger partial charge in [0.1, 0.15) is 0 Å². The molecule has 0 bridgehead atoms. The third kappa shape index (κ3) is 3.56. The predicted molar refractivity (Wildman–Crippen MR) is 80.5 cm³/mol. The minimum absolute atomic E-state index is 0.260. The van der Waals surface area contributed by atoms with Gasteiger partial charge >= 0.3 is 0 Å². The van der Waals surface area contributed by atoms with E-state index in [4.69, 9.17) is 0 Å². The Kier molecular flexibility index (Phi) is 4.82. The Bertz CT molecular complexity index is 337. The summed E-state index contributed by atoms with van der Waals surface area (Å²) >= 11 is 1.87. The lowest BCUT2D eigenvalue weighted by atomic mass is 9.90. The van der Waals surface area contributed by atoms with Crippen LogP contribution in [-0.2, 0) is 5.41 Å². The fourth-order valence-electron chi connectivity index (χ4n) is 2.60. The molecule has 102 valence electrons. The van der Waals surface area contributed by atoms with Crippen LogP contribution in [0.3, 0.4) is 0 Å². The average Bonchev–Trinajstić information content (AvgIpc) is 2.92. The molecular weight excluding hydrogens is 240 g/mol. The minimum Gasteiger partial charge on any atom is -0.313 e. The van der Waals surface area contributed by atoms with E-state index in [0.717, 1.165) is 6.54 Å². The number of rotatable bonds is 5. The average molecular weight is 266 g/mol. The highest BCUT2D eigenvalue weighted by Crippen LogP contribution is 2.27. The van der Waals surface area contributed by atoms with E-state index in [-0.39, 0.29) is 5.41 Å². The zero-order chi connectivity index (χ0) is 13.0. The summed E-state index contributed by atoms with van der Waals surface area (Å²) in [5.41, 5.74) is 0.260. The van der Waals surface area contributed by atoms with Crippen LogP contribution in [0.4, 0.5) is 0 Å². The van der Waals surface area contributed by atoms with Gasteiger partial charge in [-0.05, 0) is 43.9 Å². The molecule has 1 N–H and O–H groups in total. The molecule has 0 amide bonds. The molecule has 3 heteroatoms. The Morgan fingerprint density at radius 3 is 2.67 bits per heavy atom. The molecular formula is C15H26N2S. The summed E-state index contributed by atoms with van der Waals surface area (Å²) in [6, 6.07) is 5.13.